The van der Waals surface area contributed by atoms with Crippen LogP contribution in [0.25, 0.3) is 0 Å². The van der Waals surface area contributed by atoms with Crippen molar-refractivity contribution in [2.24, 2.45) is 7.05 Å². The molecule has 0 unspecified atom stereocenters. The van der Waals surface area contributed by atoms with E-state index in [0.717, 1.165) is 5.57 Å². The molecule has 0 fully saturated rings. The number of carbonyl (C=O) groups is 2. The fourth-order valence-electron chi connectivity index (χ4n) is 3.36. The van der Waals surface area contributed by atoms with E-state index in [4.69, 9.17) is 4.74 Å². The number of aromatic nitrogens is 2. The molecule has 2 N–H and O–H groups in total. The molecule has 33 heavy (non-hydrogen) atoms. The predicted molar refractivity (Wildman–Crippen MR) is 113 cm³/mol. The van der Waals surface area contributed by atoms with Crippen LogP contribution >= 0.6 is 0 Å². The maximum atomic E-state index is 13.2. The maximum absolute atomic E-state index is 13.2. The Kier molecular flexibility index (Phi) is 5.66. The lowest BCUT2D eigenvalue weighted by Gasteiger charge is -2.24. The molecule has 2 aliphatic rings. The van der Waals surface area contributed by atoms with Gasteiger partial charge in [0.15, 0.2) is 11.5 Å². The Balaban J connectivity index is 1.46. The molecule has 174 valence electrons. The summed E-state index contributed by atoms with van der Waals surface area (Å²) in [5.41, 5.74) is 1.75. The molecule has 0 aliphatic carbocycles. The van der Waals surface area contributed by atoms with Crippen LogP contribution in [0.4, 0.5) is 20.3 Å². The first kappa shape index (κ1) is 22.1. The van der Waals surface area contributed by atoms with E-state index in [9.17, 15) is 18.4 Å². The van der Waals surface area contributed by atoms with Gasteiger partial charge in [0.2, 0.25) is 0 Å². The van der Waals surface area contributed by atoms with Crippen molar-refractivity contribution in [1.82, 2.24) is 14.7 Å². The summed E-state index contributed by atoms with van der Waals surface area (Å²) in [5, 5.41) is 9.91. The molecule has 0 atom stereocenters. The number of nitrogens with one attached hydrogen (secondary N) is 2. The molecule has 1 amide bonds. The summed E-state index contributed by atoms with van der Waals surface area (Å²) >= 11 is 0. The number of hydrogen-bond donors (Lipinski definition) is 2. The van der Waals surface area contributed by atoms with Crippen LogP contribution in [0.2, 0.25) is 0 Å². The van der Waals surface area contributed by atoms with Crippen molar-refractivity contribution >= 4 is 23.4 Å². The van der Waals surface area contributed by atoms with Gasteiger partial charge in [0.25, 0.3) is 5.91 Å². The van der Waals surface area contributed by atoms with E-state index in [1.165, 1.54) is 36.2 Å². The average molecular weight is 461 g/mol. The fourth-order valence-corrected chi connectivity index (χ4v) is 3.36. The lowest BCUT2D eigenvalue weighted by Crippen LogP contribution is -2.28. The number of halogens is 2. The Labute approximate surface area is 187 Å². The lowest BCUT2D eigenvalue weighted by molar-refractivity contribution is -0.286. The molecule has 0 radical (unpaired) electrons. The van der Waals surface area contributed by atoms with E-state index in [1.807, 2.05) is 6.08 Å². The lowest BCUT2D eigenvalue weighted by atomic mass is 10.1. The van der Waals surface area contributed by atoms with Gasteiger partial charge in [0, 0.05) is 38.9 Å². The van der Waals surface area contributed by atoms with Crippen LogP contribution < -0.4 is 20.1 Å². The van der Waals surface area contributed by atoms with Crippen LogP contribution in [0, 0.1) is 0 Å². The minimum atomic E-state index is -3.74. The molecular formula is C21H21F2N5O5. The quantitative estimate of drug-likeness (QED) is 0.632. The fraction of sp³-hybridized carbons (Fsp3) is 0.286. The number of carbonyl (C=O) groups excluding carboxylic acids is 2. The second-order valence-electron chi connectivity index (χ2n) is 7.35. The van der Waals surface area contributed by atoms with Gasteiger partial charge in [-0.1, -0.05) is 6.08 Å². The predicted octanol–water partition coefficient (Wildman–Crippen LogP) is 2.33. The summed E-state index contributed by atoms with van der Waals surface area (Å²) in [6.45, 7) is 0.854. The molecule has 0 saturated heterocycles. The normalized spacial score (nSPS) is 16.1. The molecule has 2 aliphatic heterocycles. The van der Waals surface area contributed by atoms with Crippen LogP contribution in [0.1, 0.15) is 10.4 Å². The Morgan fingerprint density at radius 3 is 2.76 bits per heavy atom. The van der Waals surface area contributed by atoms with Gasteiger partial charge in [-0.05, 0) is 23.8 Å². The number of alkyl halides is 2. The number of esters is 1. The van der Waals surface area contributed by atoms with Crippen molar-refractivity contribution in [1.29, 1.82) is 0 Å². The van der Waals surface area contributed by atoms with E-state index in [0.29, 0.717) is 24.6 Å². The first-order valence-electron chi connectivity index (χ1n) is 9.84. The molecular weight excluding hydrogens is 440 g/mol. The highest BCUT2D eigenvalue weighted by atomic mass is 19.3. The smallest absolute Gasteiger partial charge is 0.464 e. The Morgan fingerprint density at radius 2 is 2.00 bits per heavy atom. The summed E-state index contributed by atoms with van der Waals surface area (Å²) in [4.78, 5) is 26.5. The highest BCUT2D eigenvalue weighted by Gasteiger charge is 2.43. The largest absolute Gasteiger partial charge is 0.586 e. The molecule has 0 spiro atoms. The third-order valence-corrected chi connectivity index (χ3v) is 5.06. The van der Waals surface area contributed by atoms with Crippen molar-refractivity contribution in [3.63, 3.8) is 0 Å². The summed E-state index contributed by atoms with van der Waals surface area (Å²) in [5.74, 6) is -0.797. The number of aryl methyl sites for hydroxylation is 1. The summed E-state index contributed by atoms with van der Waals surface area (Å²) in [6, 6.07) is 3.96. The third-order valence-electron chi connectivity index (χ3n) is 5.06. The Morgan fingerprint density at radius 1 is 1.24 bits per heavy atom. The van der Waals surface area contributed by atoms with E-state index in [2.05, 4.69) is 25.2 Å². The highest BCUT2D eigenvalue weighted by molar-refractivity contribution is 6.07. The van der Waals surface area contributed by atoms with Crippen LogP contribution in [0.5, 0.6) is 11.5 Å². The molecule has 0 bridgehead atoms. The van der Waals surface area contributed by atoms with E-state index >= 15 is 0 Å². The third kappa shape index (κ3) is 4.59. The number of fused-ring (bicyclic) bond motifs is 1. The van der Waals surface area contributed by atoms with Gasteiger partial charge in [-0.2, -0.15) is 5.10 Å². The minimum Gasteiger partial charge on any atom is -0.464 e. The number of methoxy groups -OCH3 is 1. The first-order chi connectivity index (χ1) is 15.7. The van der Waals surface area contributed by atoms with Gasteiger partial charge in [0.05, 0.1) is 13.3 Å². The zero-order valence-electron chi connectivity index (χ0n) is 18.0. The number of anilines is 2. The van der Waals surface area contributed by atoms with E-state index in [-0.39, 0.29) is 22.7 Å². The number of amides is 1. The van der Waals surface area contributed by atoms with Gasteiger partial charge in [-0.3, -0.25) is 9.48 Å². The van der Waals surface area contributed by atoms with E-state index in [1.54, 1.807) is 25.1 Å². The first-order valence-corrected chi connectivity index (χ1v) is 9.84. The molecule has 1 aromatic heterocycles. The van der Waals surface area contributed by atoms with Crippen molar-refractivity contribution in [2.45, 2.75) is 6.29 Å². The van der Waals surface area contributed by atoms with Gasteiger partial charge in [-0.25, -0.2) is 4.79 Å². The number of benzene rings is 1. The number of likely N-dealkylation sites (N-methyl/N-ethyl adjacent to an activating group) is 1. The van der Waals surface area contributed by atoms with Gasteiger partial charge < -0.3 is 29.7 Å². The molecule has 3 heterocycles. The zero-order chi connectivity index (χ0) is 23.8. The maximum Gasteiger partial charge on any atom is 0.586 e. The Hall–Kier alpha value is -4.09. The van der Waals surface area contributed by atoms with Crippen LogP contribution in [0.15, 0.2) is 47.8 Å². The van der Waals surface area contributed by atoms with Crippen LogP contribution in [-0.4, -0.2) is 60.1 Å². The number of hydrogen-bond acceptors (Lipinski definition) is 8. The molecule has 12 heteroatoms. The molecule has 2 aromatic rings. The van der Waals surface area contributed by atoms with Crippen molar-refractivity contribution in [3.8, 4) is 11.5 Å². The summed E-state index contributed by atoms with van der Waals surface area (Å²) < 4.78 is 41.5. The summed E-state index contributed by atoms with van der Waals surface area (Å²) in [7, 11) is 4.77. The van der Waals surface area contributed by atoms with Crippen molar-refractivity contribution in [2.75, 3.05) is 37.9 Å². The minimum absolute atomic E-state index is 0.118. The van der Waals surface area contributed by atoms with Gasteiger partial charge in [-0.15, -0.1) is 8.78 Å². The number of nitrogens with zero attached hydrogens (tertiary/aromatic N) is 3. The SMILES string of the molecule is COC(=O)C1=CC(CNc2c(C(=O)Nc3ccc4c(c3)OC(F)(F)O4)cnn2C)=CCN1C. The second-order valence-corrected chi connectivity index (χ2v) is 7.35. The van der Waals surface area contributed by atoms with Gasteiger partial charge >= 0.3 is 12.3 Å². The van der Waals surface area contributed by atoms with E-state index < -0.39 is 18.2 Å². The average Bonchev–Trinajstić information content (AvgIpc) is 3.29. The molecule has 1 aromatic carbocycles. The Bertz CT molecular complexity index is 1170. The second kappa shape index (κ2) is 8.45. The van der Waals surface area contributed by atoms with Crippen molar-refractivity contribution in [3.05, 3.63) is 53.4 Å². The topological polar surface area (TPSA) is 107 Å². The van der Waals surface area contributed by atoms with Crippen LogP contribution in [-0.2, 0) is 16.6 Å². The van der Waals surface area contributed by atoms with Gasteiger partial charge in [0.1, 0.15) is 17.1 Å². The molecule has 4 rings (SSSR count). The van der Waals surface area contributed by atoms with Crippen LogP contribution in [0.3, 0.4) is 0 Å². The zero-order valence-corrected chi connectivity index (χ0v) is 18.0. The van der Waals surface area contributed by atoms with Crippen molar-refractivity contribution < 1.29 is 32.6 Å². The molecule has 10 nitrogen and oxygen atoms in total. The number of rotatable bonds is 6. The molecule has 0 saturated carbocycles. The standard InChI is InChI=1S/C21H21F2N5O5/c1-27-7-6-12(8-15(27)20(30)31-3)10-24-18-14(11-25-28(18)2)19(29)26-13-4-5-16-17(9-13)33-21(22,23)32-16/h4-6,8-9,11,24H,7,10H2,1-3H3,(H,26,29). The highest BCUT2D eigenvalue weighted by Crippen LogP contribution is 2.42. The number of ether oxygens (including phenoxy) is 3. The summed E-state index contributed by atoms with van der Waals surface area (Å²) in [6.07, 6.45) is 1.30. The monoisotopic (exact) mass is 461 g/mol.